The molecule has 118 valence electrons. The van der Waals surface area contributed by atoms with E-state index in [-0.39, 0.29) is 23.5 Å². The van der Waals surface area contributed by atoms with Gasteiger partial charge in [0.25, 0.3) is 5.56 Å². The first-order valence-corrected chi connectivity index (χ1v) is 7.17. The lowest BCUT2D eigenvalue weighted by molar-refractivity contribution is -0.119. The predicted molar refractivity (Wildman–Crippen MR) is 85.6 cm³/mol. The predicted octanol–water partition coefficient (Wildman–Crippen LogP) is 0.617. The van der Waals surface area contributed by atoms with Gasteiger partial charge < -0.3 is 21.4 Å². The number of hydrogen-bond donors (Lipinski definition) is 4. The minimum Gasteiger partial charge on any atom is -0.368 e. The number of aromatic nitrogens is 3. The molecule has 8 nitrogen and oxygen atoms in total. The Morgan fingerprint density at radius 2 is 2.23 bits per heavy atom. The van der Waals surface area contributed by atoms with Crippen LogP contribution in [0.15, 0.2) is 17.1 Å². The Morgan fingerprint density at radius 3 is 2.91 bits per heavy atom. The molecule has 0 radical (unpaired) electrons. The number of carbonyl (C=O) groups is 1. The Hall–Kier alpha value is -2.64. The second kappa shape index (κ2) is 6.88. The number of amides is 1. The van der Waals surface area contributed by atoms with Crippen LogP contribution in [0, 0.1) is 0 Å². The lowest BCUT2D eigenvalue weighted by Gasteiger charge is -2.19. The van der Waals surface area contributed by atoms with Crippen molar-refractivity contribution in [2.45, 2.75) is 32.7 Å². The molecule has 5 N–H and O–H groups in total. The zero-order valence-electron chi connectivity index (χ0n) is 12.6. The maximum absolute atomic E-state index is 12.0. The molecule has 0 aliphatic carbocycles. The fourth-order valence-electron chi connectivity index (χ4n) is 2.25. The Kier molecular flexibility index (Phi) is 4.92. The van der Waals surface area contributed by atoms with Crippen LogP contribution in [0.4, 0.5) is 11.8 Å². The quantitative estimate of drug-likeness (QED) is 0.619. The Bertz CT molecular complexity index is 727. The fourth-order valence-corrected chi connectivity index (χ4v) is 2.25. The molecular formula is C14H20N6O2. The molecule has 0 aliphatic rings. The molecule has 2 heterocycles. The molecule has 1 atom stereocenters. The summed E-state index contributed by atoms with van der Waals surface area (Å²) >= 11 is 0. The molecule has 2 rings (SSSR count). The third-order valence-electron chi connectivity index (χ3n) is 3.21. The van der Waals surface area contributed by atoms with Crippen LogP contribution in [0.25, 0.3) is 10.9 Å². The zero-order chi connectivity index (χ0) is 16.1. The maximum Gasteiger partial charge on any atom is 0.261 e. The van der Waals surface area contributed by atoms with Crippen molar-refractivity contribution in [3.05, 3.63) is 22.6 Å². The number of nitrogens with one attached hydrogen (secondary N) is 3. The third-order valence-corrected chi connectivity index (χ3v) is 3.21. The molecule has 0 fully saturated rings. The summed E-state index contributed by atoms with van der Waals surface area (Å²) in [4.78, 5) is 33.9. The van der Waals surface area contributed by atoms with Gasteiger partial charge in [0.2, 0.25) is 11.9 Å². The van der Waals surface area contributed by atoms with Crippen LogP contribution in [-0.4, -0.2) is 33.4 Å². The average Bonchev–Trinajstić information content (AvgIpc) is 2.44. The number of nitrogens with two attached hydrogens (primary N) is 1. The summed E-state index contributed by atoms with van der Waals surface area (Å²) in [6, 6.07) is 1.62. The molecule has 22 heavy (non-hydrogen) atoms. The molecule has 2 aromatic rings. The van der Waals surface area contributed by atoms with Gasteiger partial charge in [-0.3, -0.25) is 9.59 Å². The van der Waals surface area contributed by atoms with Gasteiger partial charge in [0.15, 0.2) is 0 Å². The van der Waals surface area contributed by atoms with E-state index in [1.807, 2.05) is 6.92 Å². The van der Waals surface area contributed by atoms with Crippen LogP contribution in [0.5, 0.6) is 0 Å². The van der Waals surface area contributed by atoms with Crippen LogP contribution < -0.4 is 21.9 Å². The van der Waals surface area contributed by atoms with Crippen molar-refractivity contribution in [3.8, 4) is 0 Å². The van der Waals surface area contributed by atoms with Gasteiger partial charge in [-0.15, -0.1) is 0 Å². The Morgan fingerprint density at radius 1 is 1.45 bits per heavy atom. The fraction of sp³-hybridized carbons (Fsp3) is 0.429. The molecule has 8 heteroatoms. The topological polar surface area (TPSA) is 126 Å². The summed E-state index contributed by atoms with van der Waals surface area (Å²) in [5, 5.41) is 6.32. The summed E-state index contributed by atoms with van der Waals surface area (Å²) in [5.74, 6) is 0.372. The highest BCUT2D eigenvalue weighted by Gasteiger charge is 2.14. The number of hydrogen-bond acceptors (Lipinski definition) is 6. The van der Waals surface area contributed by atoms with Crippen molar-refractivity contribution >= 4 is 28.6 Å². The highest BCUT2D eigenvalue weighted by Crippen LogP contribution is 2.18. The second-order valence-electron chi connectivity index (χ2n) is 5.06. The average molecular weight is 304 g/mol. The van der Waals surface area contributed by atoms with E-state index in [4.69, 9.17) is 5.73 Å². The van der Waals surface area contributed by atoms with Gasteiger partial charge in [0.1, 0.15) is 11.2 Å². The monoisotopic (exact) mass is 304 g/mol. The minimum atomic E-state index is -0.283. The molecule has 0 saturated carbocycles. The van der Waals surface area contributed by atoms with Crippen LogP contribution >= 0.6 is 0 Å². The smallest absolute Gasteiger partial charge is 0.261 e. The summed E-state index contributed by atoms with van der Waals surface area (Å²) in [5.41, 5.74) is 5.90. The molecule has 1 unspecified atom stereocenters. The lowest BCUT2D eigenvalue weighted by atomic mass is 10.1. The van der Waals surface area contributed by atoms with Crippen LogP contribution in [-0.2, 0) is 4.79 Å². The summed E-state index contributed by atoms with van der Waals surface area (Å²) in [6.07, 6.45) is 3.25. The summed E-state index contributed by atoms with van der Waals surface area (Å²) in [7, 11) is 0. The number of anilines is 2. The van der Waals surface area contributed by atoms with Crippen molar-refractivity contribution in [2.24, 2.45) is 0 Å². The van der Waals surface area contributed by atoms with E-state index in [2.05, 4.69) is 25.6 Å². The van der Waals surface area contributed by atoms with E-state index in [0.29, 0.717) is 23.3 Å². The molecule has 2 aromatic heterocycles. The minimum absolute atomic E-state index is 0.0500. The van der Waals surface area contributed by atoms with Gasteiger partial charge in [0.05, 0.1) is 5.52 Å². The van der Waals surface area contributed by atoms with E-state index < -0.39 is 0 Å². The summed E-state index contributed by atoms with van der Waals surface area (Å²) < 4.78 is 0. The van der Waals surface area contributed by atoms with Crippen molar-refractivity contribution in [3.63, 3.8) is 0 Å². The number of aromatic amines is 1. The molecule has 0 spiro atoms. The normalized spacial score (nSPS) is 12.1. The van der Waals surface area contributed by atoms with Crippen molar-refractivity contribution in [1.29, 1.82) is 0 Å². The van der Waals surface area contributed by atoms with Gasteiger partial charge in [-0.25, -0.2) is 4.98 Å². The van der Waals surface area contributed by atoms with Crippen molar-refractivity contribution < 1.29 is 4.79 Å². The highest BCUT2D eigenvalue weighted by molar-refractivity contribution is 5.89. The van der Waals surface area contributed by atoms with E-state index in [1.165, 1.54) is 13.1 Å². The Balaban J connectivity index is 2.35. The van der Waals surface area contributed by atoms with Gasteiger partial charge in [-0.05, 0) is 12.5 Å². The number of rotatable bonds is 6. The standard InChI is InChI=1S/C14H20N6O2/c1-3-4-9(7-17-8(2)21)18-12-11-10(19-14(15)20-12)5-6-16-13(11)22/h5-6,9H,3-4,7H2,1-2H3,(H,16,22)(H,17,21)(H3,15,18,19,20). The highest BCUT2D eigenvalue weighted by atomic mass is 16.1. The number of pyridine rings is 1. The largest absolute Gasteiger partial charge is 0.368 e. The van der Waals surface area contributed by atoms with Crippen LogP contribution in [0.3, 0.4) is 0 Å². The number of nitrogens with zero attached hydrogens (tertiary/aromatic N) is 2. The van der Waals surface area contributed by atoms with Crippen LogP contribution in [0.2, 0.25) is 0 Å². The second-order valence-corrected chi connectivity index (χ2v) is 5.06. The van der Waals surface area contributed by atoms with E-state index in [9.17, 15) is 9.59 Å². The van der Waals surface area contributed by atoms with Gasteiger partial charge in [-0.1, -0.05) is 13.3 Å². The molecule has 0 aliphatic heterocycles. The first-order valence-electron chi connectivity index (χ1n) is 7.17. The first kappa shape index (κ1) is 15.7. The molecule has 1 amide bonds. The summed E-state index contributed by atoms with van der Waals surface area (Å²) in [6.45, 7) is 3.95. The van der Waals surface area contributed by atoms with Crippen molar-refractivity contribution in [1.82, 2.24) is 20.3 Å². The molecule has 0 saturated heterocycles. The van der Waals surface area contributed by atoms with Gasteiger partial charge in [-0.2, -0.15) is 4.98 Å². The number of carbonyl (C=O) groups excluding carboxylic acids is 1. The lowest BCUT2D eigenvalue weighted by Crippen LogP contribution is -2.36. The van der Waals surface area contributed by atoms with Gasteiger partial charge >= 0.3 is 0 Å². The van der Waals surface area contributed by atoms with Gasteiger partial charge in [0, 0.05) is 25.7 Å². The van der Waals surface area contributed by atoms with E-state index in [0.717, 1.165) is 12.8 Å². The number of H-pyrrole nitrogens is 1. The molecule has 0 bridgehead atoms. The maximum atomic E-state index is 12.0. The third kappa shape index (κ3) is 3.72. The SMILES string of the molecule is CCCC(CNC(C)=O)Nc1nc(N)nc2cc[nH]c(=O)c12. The first-order chi connectivity index (χ1) is 10.5. The molecule has 0 aromatic carbocycles. The van der Waals surface area contributed by atoms with Crippen molar-refractivity contribution in [2.75, 3.05) is 17.6 Å². The molecular weight excluding hydrogens is 284 g/mol. The van der Waals surface area contributed by atoms with Crippen LogP contribution in [0.1, 0.15) is 26.7 Å². The van der Waals surface area contributed by atoms with E-state index in [1.54, 1.807) is 6.07 Å². The number of nitrogen functional groups attached to an aromatic ring is 1. The Labute approximate surface area is 127 Å². The van der Waals surface area contributed by atoms with E-state index >= 15 is 0 Å². The zero-order valence-corrected chi connectivity index (χ0v) is 12.6. The number of fused-ring (bicyclic) bond motifs is 1.